The van der Waals surface area contributed by atoms with Gasteiger partial charge >= 0.3 is 0 Å². The van der Waals surface area contributed by atoms with Gasteiger partial charge in [0.25, 0.3) is 0 Å². The molecule has 0 nitrogen and oxygen atoms in total. The molecule has 0 aromatic heterocycles. The van der Waals surface area contributed by atoms with E-state index in [0.29, 0.717) is 0 Å². The van der Waals surface area contributed by atoms with E-state index in [1.54, 1.807) is 0 Å². The van der Waals surface area contributed by atoms with Crippen molar-refractivity contribution in [2.75, 3.05) is 0 Å². The van der Waals surface area contributed by atoms with Crippen molar-refractivity contribution in [1.82, 2.24) is 0 Å². The Kier molecular flexibility index (Phi) is 6.12. The van der Waals surface area contributed by atoms with Gasteiger partial charge in [-0.05, 0) is 19.7 Å². The predicted octanol–water partition coefficient (Wildman–Crippen LogP) is 1.78. The van der Waals surface area contributed by atoms with Crippen LogP contribution in [0.15, 0.2) is 0 Å². The Hall–Kier alpha value is 0.580. The second kappa shape index (κ2) is 5.58. The first-order chi connectivity index (χ1) is 2.91. The molecule has 0 aromatic carbocycles. The van der Waals surface area contributed by atoms with Crippen LogP contribution in [0.1, 0.15) is 0 Å². The van der Waals surface area contributed by atoms with Gasteiger partial charge in [-0.2, -0.15) is 0 Å². The zero-order chi connectivity index (χ0) is 4.83. The van der Waals surface area contributed by atoms with Gasteiger partial charge in [-0.1, -0.05) is 0 Å². The van der Waals surface area contributed by atoms with E-state index in [1.807, 2.05) is 45.2 Å². The summed E-state index contributed by atoms with van der Waals surface area (Å²) in [5.41, 5.74) is 0. The van der Waals surface area contributed by atoms with Crippen LogP contribution in [0, 0.1) is 19.7 Å². The zero-order valence-electron chi connectivity index (χ0n) is 2.76. The molecule has 0 radical (unpaired) electrons. The van der Waals surface area contributed by atoms with E-state index in [-0.39, 0.29) is 0 Å². The van der Waals surface area contributed by atoms with Crippen molar-refractivity contribution in [2.24, 2.45) is 0 Å². The van der Waals surface area contributed by atoms with Crippen molar-refractivity contribution >= 4 is 45.2 Å². The Labute approximate surface area is 64.4 Å². The van der Waals surface area contributed by atoms with Crippen LogP contribution in [0.3, 0.4) is 0 Å². The molecule has 0 bridgehead atoms. The van der Waals surface area contributed by atoms with Gasteiger partial charge in [-0.3, -0.25) is 0 Å². The van der Waals surface area contributed by atoms with E-state index in [1.165, 1.54) is 0 Å². The van der Waals surface area contributed by atoms with Gasteiger partial charge in [0.15, 0.2) is 0 Å². The van der Waals surface area contributed by atoms with Gasteiger partial charge in [0.05, 0.1) is 0 Å². The summed E-state index contributed by atoms with van der Waals surface area (Å²) >= 11 is 3.89. The molecule has 0 atom stereocenters. The molecule has 0 aliphatic heterocycles. The number of hydrogen-bond acceptors (Lipinski definition) is 0. The summed E-state index contributed by atoms with van der Waals surface area (Å²) in [4.78, 5) is 0. The van der Waals surface area contributed by atoms with Gasteiger partial charge < -0.3 is 0 Å². The van der Waals surface area contributed by atoms with Crippen molar-refractivity contribution in [3.8, 4) is 19.7 Å². The molecule has 0 aromatic rings. The van der Waals surface area contributed by atoms with Crippen molar-refractivity contribution in [1.29, 1.82) is 0 Å². The topological polar surface area (TPSA) is 0 Å². The van der Waals surface area contributed by atoms with E-state index in [4.69, 9.17) is 0 Å². The molecule has 30 valence electrons. The third-order valence-electron chi connectivity index (χ3n) is 0.157. The monoisotopic (exact) mass is 302 g/mol. The van der Waals surface area contributed by atoms with Crippen LogP contribution in [0.4, 0.5) is 0 Å². The summed E-state index contributed by atoms with van der Waals surface area (Å²) in [5, 5.41) is 0. The first-order valence-electron chi connectivity index (χ1n) is 1.13. The smallest absolute Gasteiger partial charge is 0.0162 e. The molecular weight excluding hydrogens is 302 g/mol. The molecule has 2 heteroatoms. The lowest BCUT2D eigenvalue weighted by atomic mass is 10.7. The molecule has 0 unspecified atom stereocenters. The SMILES string of the molecule is IC#CC#CI. The molecule has 0 rings (SSSR count). The van der Waals surface area contributed by atoms with Gasteiger partial charge in [0.2, 0.25) is 0 Å². The third kappa shape index (κ3) is 4.58. The number of halogens is 2. The van der Waals surface area contributed by atoms with Gasteiger partial charge in [-0.25, -0.2) is 0 Å². The van der Waals surface area contributed by atoms with Crippen LogP contribution in [0.25, 0.3) is 0 Å². The second-order valence-corrected chi connectivity index (χ2v) is 1.52. The number of rotatable bonds is 0. The minimum absolute atomic E-state index is 1.94. The average molecular weight is 302 g/mol. The summed E-state index contributed by atoms with van der Waals surface area (Å²) in [7, 11) is 0. The lowest BCUT2D eigenvalue weighted by Crippen LogP contribution is -1.36. The molecular formula is C4I2. The van der Waals surface area contributed by atoms with E-state index in [9.17, 15) is 0 Å². The maximum absolute atomic E-state index is 2.61. The summed E-state index contributed by atoms with van der Waals surface area (Å²) in [5.74, 6) is 5.13. The molecule has 0 aliphatic rings. The molecule has 0 fully saturated rings. The van der Waals surface area contributed by atoms with Crippen LogP contribution in [-0.2, 0) is 0 Å². The van der Waals surface area contributed by atoms with Gasteiger partial charge in [0, 0.05) is 45.2 Å². The minimum atomic E-state index is 1.94. The first-order valence-corrected chi connectivity index (χ1v) is 3.29. The normalized spacial score (nSPS) is 3.67. The van der Waals surface area contributed by atoms with Crippen LogP contribution >= 0.6 is 45.2 Å². The third-order valence-corrected chi connectivity index (χ3v) is 0.696. The van der Waals surface area contributed by atoms with E-state index >= 15 is 0 Å². The second-order valence-electron chi connectivity index (χ2n) is 0.439. The number of hydrogen-bond donors (Lipinski definition) is 0. The van der Waals surface area contributed by atoms with E-state index in [2.05, 4.69) is 19.7 Å². The molecule has 0 heterocycles. The highest BCUT2D eigenvalue weighted by molar-refractivity contribution is 14.1. The van der Waals surface area contributed by atoms with Crippen molar-refractivity contribution in [3.05, 3.63) is 0 Å². The maximum atomic E-state index is 2.61. The zero-order valence-corrected chi connectivity index (χ0v) is 7.07. The minimum Gasteiger partial charge on any atom is -0.0162 e. The van der Waals surface area contributed by atoms with E-state index < -0.39 is 0 Å². The highest BCUT2D eigenvalue weighted by atomic mass is 127. The van der Waals surface area contributed by atoms with Crippen molar-refractivity contribution in [2.45, 2.75) is 0 Å². The Bertz CT molecular complexity index is 109. The molecule has 0 N–H and O–H groups in total. The summed E-state index contributed by atoms with van der Waals surface area (Å²) in [6, 6.07) is 0. The highest BCUT2D eigenvalue weighted by Gasteiger charge is 1.44. The molecule has 0 spiro atoms. The highest BCUT2D eigenvalue weighted by Crippen LogP contribution is 1.71. The molecule has 0 saturated heterocycles. The molecule has 6 heavy (non-hydrogen) atoms. The standard InChI is InChI=1S/C4I2/c5-3-1-2-4-6. The first kappa shape index (κ1) is 6.58. The van der Waals surface area contributed by atoms with Crippen LogP contribution in [0.5, 0.6) is 0 Å². The van der Waals surface area contributed by atoms with Gasteiger partial charge in [0.1, 0.15) is 0 Å². The van der Waals surface area contributed by atoms with Crippen LogP contribution in [-0.4, -0.2) is 0 Å². The van der Waals surface area contributed by atoms with Crippen molar-refractivity contribution < 1.29 is 0 Å². The van der Waals surface area contributed by atoms with Crippen LogP contribution < -0.4 is 0 Å². The molecule has 0 amide bonds. The summed E-state index contributed by atoms with van der Waals surface area (Å²) in [6.45, 7) is 0. The summed E-state index contributed by atoms with van der Waals surface area (Å²) < 4.78 is 5.22. The molecule has 0 aliphatic carbocycles. The van der Waals surface area contributed by atoms with E-state index in [0.717, 1.165) is 0 Å². The Morgan fingerprint density at radius 2 is 1.17 bits per heavy atom. The Morgan fingerprint density at radius 1 is 0.833 bits per heavy atom. The van der Waals surface area contributed by atoms with Crippen LogP contribution in [0.2, 0.25) is 0 Å². The molecule has 0 saturated carbocycles. The predicted molar refractivity (Wildman–Crippen MR) is 43.6 cm³/mol. The fraction of sp³-hybridized carbons (Fsp3) is 0. The lowest BCUT2D eigenvalue weighted by molar-refractivity contribution is 2.61. The average Bonchev–Trinajstić information content (AvgIpc) is 1.61. The largest absolute Gasteiger partial charge is 0.0192 e. The van der Waals surface area contributed by atoms with Gasteiger partial charge in [-0.15, -0.1) is 0 Å². The Balaban J connectivity index is 3.43. The fourth-order valence-electron chi connectivity index (χ4n) is 0.0472. The fourth-order valence-corrected chi connectivity index (χ4v) is 0.317. The summed E-state index contributed by atoms with van der Waals surface area (Å²) in [6.07, 6.45) is 0. The lowest BCUT2D eigenvalue weighted by Gasteiger charge is -1.45. The Morgan fingerprint density at radius 3 is 1.33 bits per heavy atom. The van der Waals surface area contributed by atoms with Crippen molar-refractivity contribution in [3.63, 3.8) is 0 Å². The maximum Gasteiger partial charge on any atom is 0.0192 e. The quantitative estimate of drug-likeness (QED) is 0.473.